The highest BCUT2D eigenvalue weighted by molar-refractivity contribution is 7.16. The molecule has 1 aliphatic rings. The van der Waals surface area contributed by atoms with Gasteiger partial charge in [-0.3, -0.25) is 0 Å². The van der Waals surface area contributed by atoms with Gasteiger partial charge in [0.15, 0.2) is 0 Å². The Hall–Kier alpha value is -0.0500. The lowest BCUT2D eigenvalue weighted by molar-refractivity contribution is 0.230. The molecule has 0 aliphatic heterocycles. The molecule has 0 bridgehead atoms. The monoisotopic (exact) mass is 271 g/mol. The SMILES string of the molecule is CC1CCC(C)C(NCCc2ccc(Cl)s2)C1. The highest BCUT2D eigenvalue weighted by Crippen LogP contribution is 2.28. The molecular weight excluding hydrogens is 250 g/mol. The molecule has 0 amide bonds. The Morgan fingerprint density at radius 2 is 2.18 bits per heavy atom. The lowest BCUT2D eigenvalue weighted by Gasteiger charge is -2.33. The van der Waals surface area contributed by atoms with E-state index in [1.165, 1.54) is 24.1 Å². The Morgan fingerprint density at radius 1 is 1.35 bits per heavy atom. The Labute approximate surface area is 114 Å². The number of thiophene rings is 1. The fourth-order valence-electron chi connectivity index (χ4n) is 2.68. The summed E-state index contributed by atoms with van der Waals surface area (Å²) in [5, 5.41) is 3.72. The predicted molar refractivity (Wildman–Crippen MR) is 77.0 cm³/mol. The maximum atomic E-state index is 5.93. The Kier molecular flexibility index (Phi) is 4.89. The lowest BCUT2D eigenvalue weighted by atomic mass is 9.80. The van der Waals surface area contributed by atoms with Crippen LogP contribution in [0.4, 0.5) is 0 Å². The van der Waals surface area contributed by atoms with Gasteiger partial charge in [-0.1, -0.05) is 31.9 Å². The second kappa shape index (κ2) is 6.21. The zero-order valence-electron chi connectivity index (χ0n) is 10.7. The van der Waals surface area contributed by atoms with Crippen molar-refractivity contribution in [1.29, 1.82) is 0 Å². The van der Waals surface area contributed by atoms with Gasteiger partial charge in [0.1, 0.15) is 0 Å². The van der Waals surface area contributed by atoms with Crippen LogP contribution in [0.1, 0.15) is 38.0 Å². The van der Waals surface area contributed by atoms with Crippen molar-refractivity contribution in [2.24, 2.45) is 11.8 Å². The zero-order chi connectivity index (χ0) is 12.3. The first-order valence-electron chi connectivity index (χ1n) is 6.62. The predicted octanol–water partition coefficient (Wildman–Crippen LogP) is 4.36. The minimum atomic E-state index is 0.717. The summed E-state index contributed by atoms with van der Waals surface area (Å²) in [5.74, 6) is 1.72. The maximum Gasteiger partial charge on any atom is 0.0931 e. The van der Waals surface area contributed by atoms with Crippen LogP contribution < -0.4 is 5.32 Å². The van der Waals surface area contributed by atoms with Gasteiger partial charge in [-0.2, -0.15) is 0 Å². The fraction of sp³-hybridized carbons (Fsp3) is 0.714. The molecule has 1 N–H and O–H groups in total. The summed E-state index contributed by atoms with van der Waals surface area (Å²) < 4.78 is 0.902. The molecule has 1 aromatic rings. The van der Waals surface area contributed by atoms with Gasteiger partial charge in [-0.05, 0) is 43.2 Å². The van der Waals surface area contributed by atoms with Crippen LogP contribution in [0.5, 0.6) is 0 Å². The summed E-state index contributed by atoms with van der Waals surface area (Å²) >= 11 is 7.63. The van der Waals surface area contributed by atoms with E-state index in [0.717, 1.165) is 29.1 Å². The van der Waals surface area contributed by atoms with Crippen LogP contribution >= 0.6 is 22.9 Å². The zero-order valence-corrected chi connectivity index (χ0v) is 12.3. The molecule has 17 heavy (non-hydrogen) atoms. The number of nitrogens with one attached hydrogen (secondary N) is 1. The van der Waals surface area contributed by atoms with Crippen LogP contribution in [0, 0.1) is 11.8 Å². The third-order valence-electron chi connectivity index (χ3n) is 3.86. The first kappa shape index (κ1) is 13.4. The van der Waals surface area contributed by atoms with Gasteiger partial charge in [0.25, 0.3) is 0 Å². The summed E-state index contributed by atoms with van der Waals surface area (Å²) in [5.41, 5.74) is 0. The Morgan fingerprint density at radius 3 is 2.88 bits per heavy atom. The van der Waals surface area contributed by atoms with Crippen molar-refractivity contribution in [2.75, 3.05) is 6.54 Å². The number of halogens is 1. The van der Waals surface area contributed by atoms with E-state index in [0.29, 0.717) is 6.04 Å². The van der Waals surface area contributed by atoms with Crippen LogP contribution in [0.3, 0.4) is 0 Å². The van der Waals surface area contributed by atoms with Crippen molar-refractivity contribution in [1.82, 2.24) is 5.32 Å². The topological polar surface area (TPSA) is 12.0 Å². The molecule has 3 heteroatoms. The largest absolute Gasteiger partial charge is 0.313 e. The third kappa shape index (κ3) is 3.97. The smallest absolute Gasteiger partial charge is 0.0931 e. The Bertz CT molecular complexity index is 350. The highest BCUT2D eigenvalue weighted by atomic mass is 35.5. The van der Waals surface area contributed by atoms with Crippen LogP contribution in [0.25, 0.3) is 0 Å². The van der Waals surface area contributed by atoms with Gasteiger partial charge >= 0.3 is 0 Å². The minimum absolute atomic E-state index is 0.717. The van der Waals surface area contributed by atoms with Crippen molar-refractivity contribution in [3.05, 3.63) is 21.3 Å². The third-order valence-corrected chi connectivity index (χ3v) is 5.16. The van der Waals surface area contributed by atoms with Crippen molar-refractivity contribution in [3.63, 3.8) is 0 Å². The molecule has 1 aromatic heterocycles. The van der Waals surface area contributed by atoms with Gasteiger partial charge in [0.2, 0.25) is 0 Å². The molecule has 2 rings (SSSR count). The van der Waals surface area contributed by atoms with Gasteiger partial charge in [0.05, 0.1) is 4.34 Å². The summed E-state index contributed by atoms with van der Waals surface area (Å²) in [6, 6.07) is 4.85. The van der Waals surface area contributed by atoms with Gasteiger partial charge in [-0.15, -0.1) is 11.3 Å². The number of rotatable bonds is 4. The van der Waals surface area contributed by atoms with E-state index in [1.807, 2.05) is 6.07 Å². The van der Waals surface area contributed by atoms with E-state index in [-0.39, 0.29) is 0 Å². The minimum Gasteiger partial charge on any atom is -0.313 e. The van der Waals surface area contributed by atoms with E-state index in [1.54, 1.807) is 11.3 Å². The molecule has 1 saturated carbocycles. The molecule has 1 fully saturated rings. The number of hydrogen-bond acceptors (Lipinski definition) is 2. The van der Waals surface area contributed by atoms with E-state index in [9.17, 15) is 0 Å². The van der Waals surface area contributed by atoms with E-state index < -0.39 is 0 Å². The lowest BCUT2D eigenvalue weighted by Crippen LogP contribution is -2.40. The quantitative estimate of drug-likeness (QED) is 0.858. The van der Waals surface area contributed by atoms with Crippen LogP contribution in [-0.4, -0.2) is 12.6 Å². The van der Waals surface area contributed by atoms with Gasteiger partial charge in [-0.25, -0.2) is 0 Å². The van der Waals surface area contributed by atoms with Crippen molar-refractivity contribution in [3.8, 4) is 0 Å². The summed E-state index contributed by atoms with van der Waals surface area (Å²) in [6.07, 6.45) is 5.23. The normalized spacial score (nSPS) is 29.5. The summed E-state index contributed by atoms with van der Waals surface area (Å²) in [6.45, 7) is 5.84. The van der Waals surface area contributed by atoms with Crippen LogP contribution in [-0.2, 0) is 6.42 Å². The Balaban J connectivity index is 1.74. The molecule has 1 heterocycles. The standard InChI is InChI=1S/C14H22ClNS/c1-10-3-4-11(2)13(9-10)16-8-7-12-5-6-14(15)17-12/h5-6,10-11,13,16H,3-4,7-9H2,1-2H3. The highest BCUT2D eigenvalue weighted by Gasteiger charge is 2.24. The van der Waals surface area contributed by atoms with Crippen molar-refractivity contribution < 1.29 is 0 Å². The van der Waals surface area contributed by atoms with Crippen molar-refractivity contribution in [2.45, 2.75) is 45.6 Å². The fourth-order valence-corrected chi connectivity index (χ4v) is 3.77. The molecular formula is C14H22ClNS. The van der Waals surface area contributed by atoms with E-state index in [4.69, 9.17) is 11.6 Å². The van der Waals surface area contributed by atoms with Crippen molar-refractivity contribution >= 4 is 22.9 Å². The number of hydrogen-bond donors (Lipinski definition) is 1. The van der Waals surface area contributed by atoms with Gasteiger partial charge in [0, 0.05) is 17.5 Å². The molecule has 1 nitrogen and oxygen atoms in total. The van der Waals surface area contributed by atoms with Crippen LogP contribution in [0.2, 0.25) is 4.34 Å². The molecule has 0 saturated heterocycles. The van der Waals surface area contributed by atoms with E-state index in [2.05, 4.69) is 25.2 Å². The molecule has 0 radical (unpaired) electrons. The molecule has 3 unspecified atom stereocenters. The first-order chi connectivity index (χ1) is 8.15. The van der Waals surface area contributed by atoms with Crippen LogP contribution in [0.15, 0.2) is 12.1 Å². The van der Waals surface area contributed by atoms with Gasteiger partial charge < -0.3 is 5.32 Å². The molecule has 96 valence electrons. The average molecular weight is 272 g/mol. The molecule has 3 atom stereocenters. The van der Waals surface area contributed by atoms with E-state index >= 15 is 0 Å². The average Bonchev–Trinajstić information content (AvgIpc) is 2.69. The molecule has 0 aromatic carbocycles. The first-order valence-corrected chi connectivity index (χ1v) is 7.82. The second-order valence-corrected chi connectivity index (χ2v) is 7.21. The second-order valence-electron chi connectivity index (χ2n) is 5.41. The molecule has 0 spiro atoms. The summed E-state index contributed by atoms with van der Waals surface area (Å²) in [4.78, 5) is 1.39. The summed E-state index contributed by atoms with van der Waals surface area (Å²) in [7, 11) is 0. The maximum absolute atomic E-state index is 5.93. The molecule has 1 aliphatic carbocycles.